The summed E-state index contributed by atoms with van der Waals surface area (Å²) in [5.74, 6) is 0. The molecule has 0 aromatic carbocycles. The smallest absolute Gasteiger partial charge is 0.283 e. The van der Waals surface area contributed by atoms with Crippen molar-refractivity contribution in [3.63, 3.8) is 0 Å². The lowest BCUT2D eigenvalue weighted by Crippen LogP contribution is -2.24. The largest absolute Gasteiger partial charge is 0.382 e. The Morgan fingerprint density at radius 1 is 1.60 bits per heavy atom. The van der Waals surface area contributed by atoms with Crippen LogP contribution in [-0.2, 0) is 13.0 Å². The van der Waals surface area contributed by atoms with E-state index in [4.69, 9.17) is 0 Å². The van der Waals surface area contributed by atoms with E-state index in [1.54, 1.807) is 23.6 Å². The van der Waals surface area contributed by atoms with Crippen LogP contribution in [0.5, 0.6) is 0 Å². The number of thiazole rings is 1. The summed E-state index contributed by atoms with van der Waals surface area (Å²) < 4.78 is 1.84. The van der Waals surface area contributed by atoms with E-state index in [2.05, 4.69) is 37.9 Å². The number of anilines is 1. The molecule has 5 nitrogen and oxygen atoms in total. The van der Waals surface area contributed by atoms with Crippen molar-refractivity contribution >= 4 is 33.0 Å². The van der Waals surface area contributed by atoms with Crippen molar-refractivity contribution in [1.29, 1.82) is 0 Å². The van der Waals surface area contributed by atoms with Gasteiger partial charge in [0, 0.05) is 18.3 Å². The summed E-state index contributed by atoms with van der Waals surface area (Å²) in [6.07, 6.45) is 4.09. The van der Waals surface area contributed by atoms with Crippen LogP contribution in [0.2, 0.25) is 0 Å². The van der Waals surface area contributed by atoms with Gasteiger partial charge in [0.1, 0.15) is 4.47 Å². The van der Waals surface area contributed by atoms with Crippen molar-refractivity contribution in [1.82, 2.24) is 14.8 Å². The van der Waals surface area contributed by atoms with Crippen LogP contribution < -0.4 is 10.9 Å². The Hall–Kier alpha value is -1.47. The number of aryl methyl sites for hydroxylation is 1. The number of aromatic nitrogens is 3. The summed E-state index contributed by atoms with van der Waals surface area (Å²) in [5.41, 5.74) is 1.59. The molecule has 0 aliphatic rings. The van der Waals surface area contributed by atoms with E-state index in [9.17, 15) is 4.79 Å². The summed E-state index contributed by atoms with van der Waals surface area (Å²) in [7, 11) is 0. The fourth-order valence-electron chi connectivity index (χ4n) is 1.69. The van der Waals surface area contributed by atoms with Gasteiger partial charge < -0.3 is 5.32 Å². The summed E-state index contributed by atoms with van der Waals surface area (Å²) in [5, 5.41) is 10.4. The molecule has 20 heavy (non-hydrogen) atoms. The third kappa shape index (κ3) is 3.55. The summed E-state index contributed by atoms with van der Waals surface area (Å²) in [4.78, 5) is 16.4. The Morgan fingerprint density at radius 2 is 2.40 bits per heavy atom. The van der Waals surface area contributed by atoms with Crippen LogP contribution in [0.15, 0.2) is 33.5 Å². The van der Waals surface area contributed by atoms with Gasteiger partial charge in [0.2, 0.25) is 0 Å². The number of hydrogen-bond acceptors (Lipinski definition) is 5. The molecule has 0 bridgehead atoms. The maximum absolute atomic E-state index is 12.0. The van der Waals surface area contributed by atoms with Gasteiger partial charge in [-0.1, -0.05) is 6.08 Å². The molecule has 0 amide bonds. The zero-order valence-electron chi connectivity index (χ0n) is 11.1. The molecule has 2 heterocycles. The van der Waals surface area contributed by atoms with E-state index in [0.29, 0.717) is 23.2 Å². The third-order valence-electron chi connectivity index (χ3n) is 2.65. The minimum atomic E-state index is -0.167. The first-order valence-corrected chi connectivity index (χ1v) is 7.80. The van der Waals surface area contributed by atoms with Crippen molar-refractivity contribution in [2.45, 2.75) is 19.9 Å². The van der Waals surface area contributed by atoms with Crippen molar-refractivity contribution in [3.8, 4) is 0 Å². The molecule has 0 aliphatic carbocycles. The molecule has 0 aliphatic heterocycles. The highest BCUT2D eigenvalue weighted by molar-refractivity contribution is 9.10. The topological polar surface area (TPSA) is 59.8 Å². The van der Waals surface area contributed by atoms with Crippen LogP contribution >= 0.6 is 27.3 Å². The zero-order valence-corrected chi connectivity index (χ0v) is 13.5. The number of halogens is 1. The average molecular weight is 355 g/mol. The maximum Gasteiger partial charge on any atom is 0.283 e. The lowest BCUT2D eigenvalue weighted by molar-refractivity contribution is 0.649. The standard InChI is InChI=1S/C13H15BrN4OS/c1-3-6-18-13(19)12(14)11(7-16-18)15-5-4-10-8-20-9(2)17-10/h3,7-8,15H,1,4-6H2,2H3. The number of rotatable bonds is 6. The molecule has 2 aromatic rings. The molecule has 0 fully saturated rings. The highest BCUT2D eigenvalue weighted by atomic mass is 79.9. The van der Waals surface area contributed by atoms with Crippen LogP contribution in [-0.4, -0.2) is 21.3 Å². The van der Waals surface area contributed by atoms with E-state index in [0.717, 1.165) is 17.1 Å². The Labute approximate surface area is 129 Å². The average Bonchev–Trinajstić information content (AvgIpc) is 2.84. The van der Waals surface area contributed by atoms with E-state index in [-0.39, 0.29) is 5.56 Å². The Kier molecular flexibility index (Phi) is 5.08. The highest BCUT2D eigenvalue weighted by Gasteiger charge is 2.08. The predicted octanol–water partition coefficient (Wildman–Crippen LogP) is 2.61. The normalized spacial score (nSPS) is 10.5. The maximum atomic E-state index is 12.0. The van der Waals surface area contributed by atoms with Crippen molar-refractivity contribution in [2.24, 2.45) is 0 Å². The van der Waals surface area contributed by atoms with Gasteiger partial charge in [0.15, 0.2) is 0 Å². The van der Waals surface area contributed by atoms with Crippen LogP contribution in [0.1, 0.15) is 10.7 Å². The number of nitrogens with one attached hydrogen (secondary N) is 1. The van der Waals surface area contributed by atoms with Crippen molar-refractivity contribution in [2.75, 3.05) is 11.9 Å². The molecule has 2 aromatic heterocycles. The molecule has 106 valence electrons. The van der Waals surface area contributed by atoms with Gasteiger partial charge in [0.05, 0.1) is 29.1 Å². The van der Waals surface area contributed by atoms with Crippen LogP contribution in [0.4, 0.5) is 5.69 Å². The number of allylic oxidation sites excluding steroid dienone is 1. The summed E-state index contributed by atoms with van der Waals surface area (Å²) >= 11 is 4.95. The molecule has 0 saturated carbocycles. The second-order valence-corrected chi connectivity index (χ2v) is 6.04. The molecular weight excluding hydrogens is 340 g/mol. The van der Waals surface area contributed by atoms with Gasteiger partial charge in [0.25, 0.3) is 5.56 Å². The fraction of sp³-hybridized carbons (Fsp3) is 0.308. The fourth-order valence-corrected chi connectivity index (χ4v) is 2.78. The molecule has 0 radical (unpaired) electrons. The minimum absolute atomic E-state index is 0.167. The van der Waals surface area contributed by atoms with Gasteiger partial charge in [-0.15, -0.1) is 17.9 Å². The van der Waals surface area contributed by atoms with Crippen molar-refractivity contribution < 1.29 is 0 Å². The molecular formula is C13H15BrN4OS. The minimum Gasteiger partial charge on any atom is -0.382 e. The van der Waals surface area contributed by atoms with Gasteiger partial charge >= 0.3 is 0 Å². The molecule has 0 unspecified atom stereocenters. The highest BCUT2D eigenvalue weighted by Crippen LogP contribution is 2.16. The van der Waals surface area contributed by atoms with E-state index in [1.165, 1.54) is 4.68 Å². The first-order valence-electron chi connectivity index (χ1n) is 6.13. The Balaban J connectivity index is 2.01. The monoisotopic (exact) mass is 354 g/mol. The van der Waals surface area contributed by atoms with Gasteiger partial charge in [-0.2, -0.15) is 5.10 Å². The van der Waals surface area contributed by atoms with Gasteiger partial charge in [-0.05, 0) is 22.9 Å². The molecule has 0 saturated heterocycles. The first kappa shape index (κ1) is 14.9. The number of hydrogen-bond donors (Lipinski definition) is 1. The Morgan fingerprint density at radius 3 is 3.05 bits per heavy atom. The van der Waals surface area contributed by atoms with E-state index in [1.807, 2.05) is 12.3 Å². The van der Waals surface area contributed by atoms with Crippen LogP contribution in [0.25, 0.3) is 0 Å². The quantitative estimate of drug-likeness (QED) is 0.810. The van der Waals surface area contributed by atoms with E-state index < -0.39 is 0 Å². The zero-order chi connectivity index (χ0) is 14.5. The second-order valence-electron chi connectivity index (χ2n) is 4.18. The third-order valence-corrected chi connectivity index (χ3v) is 4.24. The lowest BCUT2D eigenvalue weighted by Gasteiger charge is -2.08. The number of nitrogens with zero attached hydrogens (tertiary/aromatic N) is 3. The molecule has 2 rings (SSSR count). The summed E-state index contributed by atoms with van der Waals surface area (Å²) in [6.45, 7) is 6.69. The SMILES string of the molecule is C=CCn1ncc(NCCc2csc(C)n2)c(Br)c1=O. The molecule has 1 N–H and O–H groups in total. The van der Waals surface area contributed by atoms with Crippen LogP contribution in [0, 0.1) is 6.92 Å². The van der Waals surface area contributed by atoms with E-state index >= 15 is 0 Å². The van der Waals surface area contributed by atoms with Crippen LogP contribution in [0.3, 0.4) is 0 Å². The van der Waals surface area contributed by atoms with Crippen molar-refractivity contribution in [3.05, 3.63) is 49.8 Å². The van der Waals surface area contributed by atoms with Gasteiger partial charge in [-0.25, -0.2) is 9.67 Å². The van der Waals surface area contributed by atoms with Gasteiger partial charge in [-0.3, -0.25) is 4.79 Å². The summed E-state index contributed by atoms with van der Waals surface area (Å²) in [6, 6.07) is 0. The lowest BCUT2D eigenvalue weighted by atomic mass is 10.3. The molecule has 7 heteroatoms. The predicted molar refractivity (Wildman–Crippen MR) is 85.4 cm³/mol. The first-order chi connectivity index (χ1) is 9.61. The molecule has 0 spiro atoms. The second kappa shape index (κ2) is 6.81. The Bertz CT molecular complexity index is 665. The molecule has 0 atom stereocenters.